The lowest BCUT2D eigenvalue weighted by atomic mass is 10.2. The second-order valence-electron chi connectivity index (χ2n) is 6.61. The molecule has 144 valence electrons. The van der Waals surface area contributed by atoms with Crippen LogP contribution in [0.1, 0.15) is 30.1 Å². The Balaban J connectivity index is 1.64. The number of carbonyl (C=O) groups is 1. The van der Waals surface area contributed by atoms with Crippen LogP contribution in [0.15, 0.2) is 36.7 Å². The number of benzene rings is 1. The molecular weight excluding hydrogens is 344 g/mol. The molecule has 1 atom stereocenters. The number of likely N-dealkylation sites (tertiary alicyclic amines) is 1. The van der Waals surface area contributed by atoms with Crippen LogP contribution in [0.5, 0.6) is 11.6 Å². The smallest absolute Gasteiger partial charge is 0.257 e. The second kappa shape index (κ2) is 8.70. The summed E-state index contributed by atoms with van der Waals surface area (Å²) in [7, 11) is 3.59. The standard InChI is InChI=1S/C20H26N4O3/c1-4-12-23(2)18-19(22-11-10-21-18)27-17-9-13-24(14-17)20(25)15-5-7-16(26-3)8-6-15/h5-8,10-11,17H,4,9,12-14H2,1-3H3. The molecule has 1 aliphatic heterocycles. The van der Waals surface area contributed by atoms with E-state index in [9.17, 15) is 4.79 Å². The Hall–Kier alpha value is -2.83. The molecular formula is C20H26N4O3. The van der Waals surface area contributed by atoms with Gasteiger partial charge in [-0.2, -0.15) is 0 Å². The van der Waals surface area contributed by atoms with Gasteiger partial charge < -0.3 is 19.3 Å². The fourth-order valence-corrected chi connectivity index (χ4v) is 3.19. The minimum atomic E-state index is -0.0855. The van der Waals surface area contributed by atoms with Crippen LogP contribution in [0.25, 0.3) is 0 Å². The van der Waals surface area contributed by atoms with Crippen molar-refractivity contribution in [2.75, 3.05) is 38.7 Å². The third kappa shape index (κ3) is 4.48. The Kier molecular flexibility index (Phi) is 6.11. The van der Waals surface area contributed by atoms with Crippen molar-refractivity contribution in [2.24, 2.45) is 0 Å². The summed E-state index contributed by atoms with van der Waals surface area (Å²) in [4.78, 5) is 25.3. The van der Waals surface area contributed by atoms with Gasteiger partial charge in [-0.15, -0.1) is 0 Å². The molecule has 1 fully saturated rings. The third-order valence-corrected chi connectivity index (χ3v) is 4.61. The largest absolute Gasteiger partial charge is 0.497 e. The minimum Gasteiger partial charge on any atom is -0.497 e. The molecule has 0 saturated carbocycles. The molecule has 0 spiro atoms. The Morgan fingerprint density at radius 3 is 2.70 bits per heavy atom. The van der Waals surface area contributed by atoms with E-state index in [4.69, 9.17) is 9.47 Å². The van der Waals surface area contributed by atoms with Gasteiger partial charge in [-0.3, -0.25) is 4.79 Å². The Bertz CT molecular complexity index is 766. The zero-order valence-electron chi connectivity index (χ0n) is 16.1. The van der Waals surface area contributed by atoms with Crippen LogP contribution in [-0.2, 0) is 0 Å². The molecule has 7 heteroatoms. The molecule has 1 saturated heterocycles. The maximum atomic E-state index is 12.7. The molecule has 1 aromatic heterocycles. The van der Waals surface area contributed by atoms with Crippen LogP contribution in [0.4, 0.5) is 5.82 Å². The van der Waals surface area contributed by atoms with Gasteiger partial charge >= 0.3 is 0 Å². The van der Waals surface area contributed by atoms with Crippen molar-refractivity contribution >= 4 is 11.7 Å². The van der Waals surface area contributed by atoms with Crippen molar-refractivity contribution in [1.29, 1.82) is 0 Å². The van der Waals surface area contributed by atoms with Crippen LogP contribution >= 0.6 is 0 Å². The number of rotatable bonds is 7. The number of nitrogens with zero attached hydrogens (tertiary/aromatic N) is 4. The fraction of sp³-hybridized carbons (Fsp3) is 0.450. The van der Waals surface area contributed by atoms with E-state index in [1.807, 2.05) is 16.8 Å². The monoisotopic (exact) mass is 370 g/mol. The summed E-state index contributed by atoms with van der Waals surface area (Å²) < 4.78 is 11.2. The maximum absolute atomic E-state index is 12.7. The molecule has 0 N–H and O–H groups in total. The highest BCUT2D eigenvalue weighted by Gasteiger charge is 2.29. The van der Waals surface area contributed by atoms with Crippen molar-refractivity contribution in [1.82, 2.24) is 14.9 Å². The van der Waals surface area contributed by atoms with Crippen molar-refractivity contribution in [2.45, 2.75) is 25.9 Å². The molecule has 0 radical (unpaired) electrons. The average molecular weight is 370 g/mol. The molecule has 1 aliphatic rings. The summed E-state index contributed by atoms with van der Waals surface area (Å²) >= 11 is 0. The summed E-state index contributed by atoms with van der Waals surface area (Å²) in [6.45, 7) is 4.20. The molecule has 2 aromatic rings. The zero-order valence-corrected chi connectivity index (χ0v) is 16.1. The predicted octanol–water partition coefficient (Wildman–Crippen LogP) is 2.62. The molecule has 2 heterocycles. The number of hydrogen-bond donors (Lipinski definition) is 0. The number of methoxy groups -OCH3 is 1. The van der Waals surface area contributed by atoms with E-state index in [-0.39, 0.29) is 12.0 Å². The predicted molar refractivity (Wildman–Crippen MR) is 104 cm³/mol. The summed E-state index contributed by atoms with van der Waals surface area (Å²) in [6.07, 6.45) is 5.00. The summed E-state index contributed by atoms with van der Waals surface area (Å²) in [5.74, 6) is 2.00. The van der Waals surface area contributed by atoms with Gasteiger partial charge in [-0.05, 0) is 30.7 Å². The Morgan fingerprint density at radius 2 is 2.00 bits per heavy atom. The van der Waals surface area contributed by atoms with E-state index in [1.54, 1.807) is 43.8 Å². The van der Waals surface area contributed by atoms with Crippen molar-refractivity contribution in [3.63, 3.8) is 0 Å². The molecule has 27 heavy (non-hydrogen) atoms. The van der Waals surface area contributed by atoms with Gasteiger partial charge in [0.2, 0.25) is 0 Å². The normalized spacial score (nSPS) is 16.3. The molecule has 0 aliphatic carbocycles. The van der Waals surface area contributed by atoms with Gasteiger partial charge in [0.15, 0.2) is 5.82 Å². The number of ether oxygens (including phenoxy) is 2. The first-order chi connectivity index (χ1) is 13.1. The first-order valence-electron chi connectivity index (χ1n) is 9.24. The van der Waals surface area contributed by atoms with Crippen LogP contribution in [-0.4, -0.2) is 60.7 Å². The molecule has 1 unspecified atom stereocenters. The number of amides is 1. The lowest BCUT2D eigenvalue weighted by molar-refractivity contribution is 0.0771. The Labute approximate surface area is 159 Å². The second-order valence-corrected chi connectivity index (χ2v) is 6.61. The number of hydrogen-bond acceptors (Lipinski definition) is 6. The van der Waals surface area contributed by atoms with Gasteiger partial charge in [-0.25, -0.2) is 9.97 Å². The first-order valence-corrected chi connectivity index (χ1v) is 9.24. The third-order valence-electron chi connectivity index (χ3n) is 4.61. The molecule has 3 rings (SSSR count). The van der Waals surface area contributed by atoms with Gasteiger partial charge in [0.25, 0.3) is 11.8 Å². The van der Waals surface area contributed by atoms with Gasteiger partial charge in [0.05, 0.1) is 13.7 Å². The highest BCUT2D eigenvalue weighted by molar-refractivity contribution is 5.94. The van der Waals surface area contributed by atoms with Crippen molar-refractivity contribution in [3.05, 3.63) is 42.2 Å². The minimum absolute atomic E-state index is 0.00576. The van der Waals surface area contributed by atoms with E-state index in [0.717, 1.165) is 31.0 Å². The van der Waals surface area contributed by atoms with Crippen molar-refractivity contribution in [3.8, 4) is 11.6 Å². The van der Waals surface area contributed by atoms with Crippen LogP contribution in [0.2, 0.25) is 0 Å². The van der Waals surface area contributed by atoms with Crippen LogP contribution < -0.4 is 14.4 Å². The highest BCUT2D eigenvalue weighted by Crippen LogP contribution is 2.26. The zero-order chi connectivity index (χ0) is 19.2. The highest BCUT2D eigenvalue weighted by atomic mass is 16.5. The van der Waals surface area contributed by atoms with E-state index in [2.05, 4.69) is 16.9 Å². The Morgan fingerprint density at radius 1 is 1.26 bits per heavy atom. The lowest BCUT2D eigenvalue weighted by Crippen LogP contribution is -2.31. The summed E-state index contributed by atoms with van der Waals surface area (Å²) in [5, 5.41) is 0. The molecule has 1 amide bonds. The maximum Gasteiger partial charge on any atom is 0.257 e. The number of anilines is 1. The SMILES string of the molecule is CCCN(C)c1nccnc1OC1CCN(C(=O)c2ccc(OC)cc2)C1. The van der Waals surface area contributed by atoms with Crippen LogP contribution in [0.3, 0.4) is 0 Å². The lowest BCUT2D eigenvalue weighted by Gasteiger charge is -2.21. The molecule has 1 aromatic carbocycles. The fourth-order valence-electron chi connectivity index (χ4n) is 3.19. The van der Waals surface area contributed by atoms with Crippen LogP contribution in [0, 0.1) is 0 Å². The van der Waals surface area contributed by atoms with E-state index >= 15 is 0 Å². The molecule has 0 bridgehead atoms. The quantitative estimate of drug-likeness (QED) is 0.746. The van der Waals surface area contributed by atoms with Gasteiger partial charge in [0.1, 0.15) is 11.9 Å². The van der Waals surface area contributed by atoms with Gasteiger partial charge in [-0.1, -0.05) is 6.92 Å². The van der Waals surface area contributed by atoms with Gasteiger partial charge in [0, 0.05) is 44.5 Å². The van der Waals surface area contributed by atoms with E-state index in [1.165, 1.54) is 0 Å². The summed E-state index contributed by atoms with van der Waals surface area (Å²) in [5.41, 5.74) is 0.652. The number of carbonyl (C=O) groups excluding carboxylic acids is 1. The first kappa shape index (κ1) is 18.9. The van der Waals surface area contributed by atoms with Crippen molar-refractivity contribution < 1.29 is 14.3 Å². The summed E-state index contributed by atoms with van der Waals surface area (Å²) in [6, 6.07) is 7.17. The topological polar surface area (TPSA) is 67.8 Å². The molecule has 7 nitrogen and oxygen atoms in total. The number of aromatic nitrogens is 2. The van der Waals surface area contributed by atoms with E-state index < -0.39 is 0 Å². The van der Waals surface area contributed by atoms with E-state index in [0.29, 0.717) is 24.5 Å². The average Bonchev–Trinajstić information content (AvgIpc) is 3.16.